The Morgan fingerprint density at radius 1 is 0.903 bits per heavy atom. The number of para-hydroxylation sites is 1. The van der Waals surface area contributed by atoms with Crippen molar-refractivity contribution in [3.63, 3.8) is 0 Å². The number of anilines is 3. The highest BCUT2D eigenvalue weighted by Crippen LogP contribution is 2.32. The molecule has 0 radical (unpaired) electrons. The van der Waals surface area contributed by atoms with E-state index in [0.29, 0.717) is 33.1 Å². The van der Waals surface area contributed by atoms with Crippen LogP contribution in [0.2, 0.25) is 10.0 Å². The molecule has 31 heavy (non-hydrogen) atoms. The minimum Gasteiger partial charge on any atom is -0.332 e. The van der Waals surface area contributed by atoms with Gasteiger partial charge in [-0.15, -0.1) is 0 Å². The molecule has 1 aliphatic heterocycles. The maximum Gasteiger partial charge on any atom is 0.264 e. The molecule has 0 fully saturated rings. The molecular formula is C22H19Cl2N3O2S2. The first-order chi connectivity index (χ1) is 14.8. The number of sulfonamides is 1. The van der Waals surface area contributed by atoms with Crippen LogP contribution in [0.25, 0.3) is 0 Å². The van der Waals surface area contributed by atoms with E-state index < -0.39 is 10.0 Å². The van der Waals surface area contributed by atoms with Crippen molar-refractivity contribution in [2.24, 2.45) is 0 Å². The van der Waals surface area contributed by atoms with E-state index in [1.807, 2.05) is 24.3 Å². The number of halogens is 2. The zero-order valence-corrected chi connectivity index (χ0v) is 19.5. The molecule has 0 unspecified atom stereocenters. The minimum absolute atomic E-state index is 0.232. The second-order valence-corrected chi connectivity index (χ2v) is 10.2. The van der Waals surface area contributed by atoms with Crippen molar-refractivity contribution >= 4 is 67.6 Å². The lowest BCUT2D eigenvalue weighted by atomic mass is 10.0. The van der Waals surface area contributed by atoms with E-state index in [1.165, 1.54) is 4.31 Å². The average molecular weight is 492 g/mol. The van der Waals surface area contributed by atoms with Crippen molar-refractivity contribution in [3.8, 4) is 0 Å². The SMILES string of the molecule is O=S(=O)(c1ccc(NC(=S)Nc2cc(Cl)cc(Cl)c2)cc1)N1CCCc2ccccc21. The number of aryl methyl sites for hydroxylation is 1. The zero-order valence-electron chi connectivity index (χ0n) is 16.3. The molecule has 0 atom stereocenters. The second kappa shape index (κ2) is 9.04. The largest absolute Gasteiger partial charge is 0.332 e. The van der Waals surface area contributed by atoms with Gasteiger partial charge in [-0.1, -0.05) is 41.4 Å². The molecular weight excluding hydrogens is 473 g/mol. The van der Waals surface area contributed by atoms with Gasteiger partial charge in [0.2, 0.25) is 0 Å². The summed E-state index contributed by atoms with van der Waals surface area (Å²) >= 11 is 17.3. The topological polar surface area (TPSA) is 61.4 Å². The van der Waals surface area contributed by atoms with E-state index in [9.17, 15) is 8.42 Å². The summed E-state index contributed by atoms with van der Waals surface area (Å²) in [6.45, 7) is 0.468. The second-order valence-electron chi connectivity index (χ2n) is 7.07. The maximum atomic E-state index is 13.2. The van der Waals surface area contributed by atoms with Crippen molar-refractivity contribution in [2.75, 3.05) is 21.5 Å². The Kier molecular flexibility index (Phi) is 6.39. The Morgan fingerprint density at radius 2 is 1.55 bits per heavy atom. The van der Waals surface area contributed by atoms with E-state index >= 15 is 0 Å². The fraction of sp³-hybridized carbons (Fsp3) is 0.136. The number of hydrogen-bond donors (Lipinski definition) is 2. The van der Waals surface area contributed by atoms with Crippen LogP contribution in [-0.4, -0.2) is 20.1 Å². The summed E-state index contributed by atoms with van der Waals surface area (Å²) in [6.07, 6.45) is 1.68. The number of rotatable bonds is 4. The molecule has 3 aromatic rings. The molecule has 1 aliphatic rings. The molecule has 0 bridgehead atoms. The normalized spacial score (nSPS) is 13.4. The van der Waals surface area contributed by atoms with Gasteiger partial charge in [-0.05, 0) is 79.2 Å². The molecule has 0 amide bonds. The molecule has 0 aliphatic carbocycles. The fourth-order valence-corrected chi connectivity index (χ4v) is 5.81. The summed E-state index contributed by atoms with van der Waals surface area (Å²) < 4.78 is 28.0. The smallest absolute Gasteiger partial charge is 0.264 e. The van der Waals surface area contributed by atoms with Crippen molar-refractivity contribution in [1.29, 1.82) is 0 Å². The monoisotopic (exact) mass is 491 g/mol. The lowest BCUT2D eigenvalue weighted by Crippen LogP contribution is -2.35. The first-order valence-electron chi connectivity index (χ1n) is 9.58. The van der Waals surface area contributed by atoms with Gasteiger partial charge in [0.15, 0.2) is 5.11 Å². The summed E-state index contributed by atoms with van der Waals surface area (Å²) in [5.74, 6) is 0. The molecule has 9 heteroatoms. The molecule has 0 saturated heterocycles. The number of nitrogens with one attached hydrogen (secondary N) is 2. The van der Waals surface area contributed by atoms with Crippen LogP contribution in [0.3, 0.4) is 0 Å². The van der Waals surface area contributed by atoms with Crippen molar-refractivity contribution < 1.29 is 8.42 Å². The predicted octanol–water partition coefficient (Wildman–Crippen LogP) is 5.94. The van der Waals surface area contributed by atoms with Gasteiger partial charge < -0.3 is 10.6 Å². The van der Waals surface area contributed by atoms with Crippen LogP contribution in [0.1, 0.15) is 12.0 Å². The first kappa shape index (κ1) is 21.9. The van der Waals surface area contributed by atoms with Crippen molar-refractivity contribution in [2.45, 2.75) is 17.7 Å². The Labute approximate surface area is 197 Å². The van der Waals surface area contributed by atoms with Gasteiger partial charge in [0.25, 0.3) is 10.0 Å². The molecule has 0 spiro atoms. The highest BCUT2D eigenvalue weighted by Gasteiger charge is 2.28. The van der Waals surface area contributed by atoms with Crippen molar-refractivity contribution in [1.82, 2.24) is 0 Å². The Bertz CT molecular complexity index is 1210. The van der Waals surface area contributed by atoms with Gasteiger partial charge in [-0.2, -0.15) is 0 Å². The molecule has 2 N–H and O–H groups in total. The molecule has 0 aromatic heterocycles. The van der Waals surface area contributed by atoms with Crippen LogP contribution in [0.15, 0.2) is 71.6 Å². The summed E-state index contributed by atoms with van der Waals surface area (Å²) in [5, 5.41) is 7.35. The van der Waals surface area contributed by atoms with E-state index in [0.717, 1.165) is 24.1 Å². The highest BCUT2D eigenvalue weighted by molar-refractivity contribution is 7.92. The Hall–Kier alpha value is -2.32. The van der Waals surface area contributed by atoms with Crippen LogP contribution < -0.4 is 14.9 Å². The van der Waals surface area contributed by atoms with Gasteiger partial charge in [0.05, 0.1) is 10.6 Å². The number of thiocarbonyl (C=S) groups is 1. The molecule has 3 aromatic carbocycles. The lowest BCUT2D eigenvalue weighted by Gasteiger charge is -2.30. The summed E-state index contributed by atoms with van der Waals surface area (Å²) in [4.78, 5) is 0.232. The number of fused-ring (bicyclic) bond motifs is 1. The third kappa shape index (κ3) is 4.96. The van der Waals surface area contributed by atoms with Crippen molar-refractivity contribution in [3.05, 3.63) is 82.3 Å². The van der Waals surface area contributed by atoms with E-state index in [1.54, 1.807) is 42.5 Å². The summed E-state index contributed by atoms with van der Waals surface area (Å²) in [5.41, 5.74) is 3.11. The molecule has 4 rings (SSSR count). The third-order valence-corrected chi connectivity index (χ3v) is 7.36. The zero-order chi connectivity index (χ0) is 22.0. The van der Waals surface area contributed by atoms with E-state index in [-0.39, 0.29) is 4.90 Å². The average Bonchev–Trinajstić information content (AvgIpc) is 2.73. The van der Waals surface area contributed by atoms with Gasteiger partial charge in [0.1, 0.15) is 0 Å². The standard InChI is InChI=1S/C22H19Cl2N3O2S2/c23-16-12-17(24)14-19(13-16)26-22(30)25-18-7-9-20(10-8-18)31(28,29)27-11-3-5-15-4-1-2-6-21(15)27/h1-2,4,6-10,12-14H,3,5,11H2,(H2,25,26,30). The fourth-order valence-electron chi connectivity index (χ4n) is 3.51. The third-order valence-electron chi connectivity index (χ3n) is 4.89. The van der Waals surface area contributed by atoms with Crippen LogP contribution >= 0.6 is 35.4 Å². The lowest BCUT2D eigenvalue weighted by molar-refractivity contribution is 0.586. The minimum atomic E-state index is -3.65. The molecule has 160 valence electrons. The summed E-state index contributed by atoms with van der Waals surface area (Å²) in [6, 6.07) is 19.2. The van der Waals surface area contributed by atoms with Crippen LogP contribution in [0.5, 0.6) is 0 Å². The van der Waals surface area contributed by atoms with E-state index in [4.69, 9.17) is 35.4 Å². The number of nitrogens with zero attached hydrogens (tertiary/aromatic N) is 1. The van der Waals surface area contributed by atoms with Crippen LogP contribution in [-0.2, 0) is 16.4 Å². The number of hydrogen-bond acceptors (Lipinski definition) is 3. The molecule has 0 saturated carbocycles. The maximum absolute atomic E-state index is 13.2. The Morgan fingerprint density at radius 3 is 2.26 bits per heavy atom. The van der Waals surface area contributed by atoms with Crippen LogP contribution in [0, 0.1) is 0 Å². The molecule has 1 heterocycles. The Balaban J connectivity index is 1.48. The first-order valence-corrected chi connectivity index (χ1v) is 12.2. The van der Waals surface area contributed by atoms with E-state index in [2.05, 4.69) is 10.6 Å². The van der Waals surface area contributed by atoms with Gasteiger partial charge >= 0.3 is 0 Å². The highest BCUT2D eigenvalue weighted by atomic mass is 35.5. The van der Waals surface area contributed by atoms with Gasteiger partial charge in [-0.3, -0.25) is 4.31 Å². The summed E-state index contributed by atoms with van der Waals surface area (Å²) in [7, 11) is -3.65. The number of benzene rings is 3. The van der Waals surface area contributed by atoms with Crippen LogP contribution in [0.4, 0.5) is 17.1 Å². The van der Waals surface area contributed by atoms with Gasteiger partial charge in [0, 0.05) is 28.0 Å². The van der Waals surface area contributed by atoms with Gasteiger partial charge in [-0.25, -0.2) is 8.42 Å². The quantitative estimate of drug-likeness (QED) is 0.441. The predicted molar refractivity (Wildman–Crippen MR) is 132 cm³/mol. The molecule has 5 nitrogen and oxygen atoms in total.